The van der Waals surface area contributed by atoms with Gasteiger partial charge < -0.3 is 14.6 Å². The molecule has 2 aromatic rings. The molecule has 0 aliphatic rings. The van der Waals surface area contributed by atoms with Crippen molar-refractivity contribution in [2.24, 2.45) is 0 Å². The Bertz CT molecular complexity index is 660. The van der Waals surface area contributed by atoms with E-state index in [1.165, 1.54) is 0 Å². The normalized spacial score (nSPS) is 11.4. The zero-order valence-electron chi connectivity index (χ0n) is 11.9. The Morgan fingerprint density at radius 3 is 2.00 bits per heavy atom. The van der Waals surface area contributed by atoms with E-state index in [4.69, 9.17) is 14.6 Å². The zero-order valence-corrected chi connectivity index (χ0v) is 11.9. The Balaban J connectivity index is 2.45. The maximum Gasteiger partial charge on any atom is 0.374 e. The van der Waals surface area contributed by atoms with Crippen LogP contribution in [0.4, 0.5) is 0 Å². The maximum absolute atomic E-state index is 11.0. The minimum Gasteiger partial charge on any atom is -0.476 e. The summed E-state index contributed by atoms with van der Waals surface area (Å²) in [4.78, 5) is 25.7. The summed E-state index contributed by atoms with van der Waals surface area (Å²) in [5, 5.41) is 17.9. The predicted molar refractivity (Wildman–Crippen MR) is 74.6 cm³/mol. The van der Waals surface area contributed by atoms with Gasteiger partial charge >= 0.3 is 11.9 Å². The number of rotatable bonds is 3. The molecule has 2 rings (SSSR count). The number of aromatic nitrogens is 1. The Hall–Kier alpha value is -2.63. The molecule has 0 aliphatic carbocycles. The van der Waals surface area contributed by atoms with Gasteiger partial charge in [0.1, 0.15) is 0 Å². The monoisotopic (exact) mass is 289 g/mol. The molecule has 6 heteroatoms. The molecule has 110 valence electrons. The van der Waals surface area contributed by atoms with Crippen molar-refractivity contribution in [3.63, 3.8) is 0 Å². The first kappa shape index (κ1) is 14.8. The van der Waals surface area contributed by atoms with Gasteiger partial charge in [0.05, 0.1) is 0 Å². The summed E-state index contributed by atoms with van der Waals surface area (Å²) in [5.74, 6) is -3.59. The van der Waals surface area contributed by atoms with Crippen LogP contribution < -0.4 is 0 Å². The van der Waals surface area contributed by atoms with Crippen molar-refractivity contribution < 1.29 is 24.2 Å². The number of hydrogen-bond acceptors (Lipinski definition) is 4. The van der Waals surface area contributed by atoms with E-state index in [0.717, 1.165) is 5.56 Å². The SMILES string of the molecule is CC(C)(C)c1ccc(-c2nc(C(=O)O)c(C(=O)O)o2)cc1. The molecule has 0 fully saturated rings. The second-order valence-corrected chi connectivity index (χ2v) is 5.63. The highest BCUT2D eigenvalue weighted by Gasteiger charge is 2.25. The maximum atomic E-state index is 11.0. The molecular weight excluding hydrogens is 274 g/mol. The Kier molecular flexibility index (Phi) is 3.55. The molecule has 0 aliphatic heterocycles. The summed E-state index contributed by atoms with van der Waals surface area (Å²) >= 11 is 0. The molecule has 0 atom stereocenters. The third-order valence-corrected chi connectivity index (χ3v) is 3.02. The van der Waals surface area contributed by atoms with E-state index in [-0.39, 0.29) is 11.3 Å². The van der Waals surface area contributed by atoms with Gasteiger partial charge in [-0.2, -0.15) is 0 Å². The van der Waals surface area contributed by atoms with Crippen LogP contribution in [0.2, 0.25) is 0 Å². The molecule has 2 N–H and O–H groups in total. The van der Waals surface area contributed by atoms with Crippen molar-refractivity contribution in [2.45, 2.75) is 26.2 Å². The third kappa shape index (κ3) is 2.94. The second kappa shape index (κ2) is 5.05. The number of hydrogen-bond donors (Lipinski definition) is 2. The number of benzene rings is 1. The lowest BCUT2D eigenvalue weighted by Gasteiger charge is -2.18. The quantitative estimate of drug-likeness (QED) is 0.900. The number of carbonyl (C=O) groups is 2. The molecule has 0 saturated carbocycles. The molecule has 0 saturated heterocycles. The highest BCUT2D eigenvalue weighted by Crippen LogP contribution is 2.27. The summed E-state index contributed by atoms with van der Waals surface area (Å²) in [6.07, 6.45) is 0. The lowest BCUT2D eigenvalue weighted by Crippen LogP contribution is -2.10. The van der Waals surface area contributed by atoms with Crippen LogP contribution in [0.25, 0.3) is 11.5 Å². The lowest BCUT2D eigenvalue weighted by atomic mass is 9.87. The molecule has 6 nitrogen and oxygen atoms in total. The molecule has 0 unspecified atom stereocenters. The van der Waals surface area contributed by atoms with E-state index in [0.29, 0.717) is 5.56 Å². The van der Waals surface area contributed by atoms with Crippen LogP contribution in [-0.2, 0) is 5.41 Å². The van der Waals surface area contributed by atoms with Gasteiger partial charge in [-0.25, -0.2) is 14.6 Å². The fraction of sp³-hybridized carbons (Fsp3) is 0.267. The zero-order chi connectivity index (χ0) is 15.8. The van der Waals surface area contributed by atoms with E-state index >= 15 is 0 Å². The topological polar surface area (TPSA) is 101 Å². The largest absolute Gasteiger partial charge is 0.476 e. The molecular formula is C15H15NO5. The molecule has 0 radical (unpaired) electrons. The predicted octanol–water partition coefficient (Wildman–Crippen LogP) is 3.04. The van der Waals surface area contributed by atoms with E-state index in [9.17, 15) is 9.59 Å². The number of oxazole rings is 1. The van der Waals surface area contributed by atoms with Gasteiger partial charge in [0.2, 0.25) is 17.3 Å². The number of carboxylic acids is 2. The highest BCUT2D eigenvalue weighted by atomic mass is 16.4. The fourth-order valence-corrected chi connectivity index (χ4v) is 1.85. The van der Waals surface area contributed by atoms with Crippen LogP contribution in [-0.4, -0.2) is 27.1 Å². The molecule has 0 spiro atoms. The van der Waals surface area contributed by atoms with Crippen LogP contribution >= 0.6 is 0 Å². The fourth-order valence-electron chi connectivity index (χ4n) is 1.85. The van der Waals surface area contributed by atoms with Gasteiger partial charge in [0.15, 0.2) is 0 Å². The minimum atomic E-state index is -1.46. The van der Waals surface area contributed by atoms with Gasteiger partial charge in [0.25, 0.3) is 0 Å². The van der Waals surface area contributed by atoms with Crippen LogP contribution in [0.3, 0.4) is 0 Å². The molecule has 0 amide bonds. The first-order valence-electron chi connectivity index (χ1n) is 6.28. The van der Waals surface area contributed by atoms with Crippen molar-refractivity contribution in [1.29, 1.82) is 0 Å². The van der Waals surface area contributed by atoms with Crippen molar-refractivity contribution in [1.82, 2.24) is 4.98 Å². The first-order valence-corrected chi connectivity index (χ1v) is 6.28. The van der Waals surface area contributed by atoms with Gasteiger partial charge in [-0.05, 0) is 23.1 Å². The Labute approximate surface area is 121 Å². The minimum absolute atomic E-state index is 0.0203. The van der Waals surface area contributed by atoms with Crippen molar-refractivity contribution in [2.75, 3.05) is 0 Å². The second-order valence-electron chi connectivity index (χ2n) is 5.63. The van der Waals surface area contributed by atoms with Gasteiger partial charge in [-0.3, -0.25) is 0 Å². The van der Waals surface area contributed by atoms with Crippen molar-refractivity contribution in [3.8, 4) is 11.5 Å². The molecule has 1 aromatic heterocycles. The van der Waals surface area contributed by atoms with E-state index in [2.05, 4.69) is 25.8 Å². The number of carboxylic acid groups (broad SMARTS) is 2. The summed E-state index contributed by atoms with van der Waals surface area (Å²) in [6, 6.07) is 7.20. The van der Waals surface area contributed by atoms with Crippen LogP contribution in [0.5, 0.6) is 0 Å². The lowest BCUT2D eigenvalue weighted by molar-refractivity contribution is 0.0624. The Morgan fingerprint density at radius 2 is 1.62 bits per heavy atom. The summed E-state index contributed by atoms with van der Waals surface area (Å²) < 4.78 is 5.06. The summed E-state index contributed by atoms with van der Waals surface area (Å²) in [5.41, 5.74) is 0.998. The average molecular weight is 289 g/mol. The number of aromatic carboxylic acids is 2. The number of nitrogens with zero attached hydrogens (tertiary/aromatic N) is 1. The van der Waals surface area contributed by atoms with Crippen LogP contribution in [0, 0.1) is 0 Å². The van der Waals surface area contributed by atoms with Crippen LogP contribution in [0.15, 0.2) is 28.7 Å². The van der Waals surface area contributed by atoms with E-state index in [1.807, 2.05) is 12.1 Å². The van der Waals surface area contributed by atoms with Gasteiger partial charge in [-0.1, -0.05) is 32.9 Å². The van der Waals surface area contributed by atoms with Crippen molar-refractivity contribution >= 4 is 11.9 Å². The first-order chi connectivity index (χ1) is 9.70. The van der Waals surface area contributed by atoms with E-state index < -0.39 is 23.4 Å². The van der Waals surface area contributed by atoms with Crippen molar-refractivity contribution in [3.05, 3.63) is 41.3 Å². The third-order valence-electron chi connectivity index (χ3n) is 3.02. The molecule has 1 heterocycles. The highest BCUT2D eigenvalue weighted by molar-refractivity contribution is 5.98. The Morgan fingerprint density at radius 1 is 1.05 bits per heavy atom. The average Bonchev–Trinajstić information content (AvgIpc) is 2.83. The molecule has 21 heavy (non-hydrogen) atoms. The van der Waals surface area contributed by atoms with Gasteiger partial charge in [-0.15, -0.1) is 0 Å². The molecule has 0 bridgehead atoms. The van der Waals surface area contributed by atoms with Gasteiger partial charge in [0, 0.05) is 5.56 Å². The standard InChI is InChI=1S/C15H15NO5/c1-15(2,3)9-6-4-8(5-7-9)12-16-10(13(17)18)11(21-12)14(19)20/h4-7H,1-3H3,(H,17,18)(H,19,20). The van der Waals surface area contributed by atoms with Crippen LogP contribution in [0.1, 0.15) is 47.4 Å². The summed E-state index contributed by atoms with van der Waals surface area (Å²) in [7, 11) is 0. The molecule has 1 aromatic carbocycles. The smallest absolute Gasteiger partial charge is 0.374 e. The summed E-state index contributed by atoms with van der Waals surface area (Å²) in [6.45, 7) is 6.20. The van der Waals surface area contributed by atoms with E-state index in [1.54, 1.807) is 12.1 Å².